The number of aryl methyl sites for hydroxylation is 4. The SMILES string of the molecule is Cc1cccc(-c2nnc(-c3c(Br)c(C)nn3CC(=O)O)o2)c1.Cc1cccc(-c2nnc(-c3c(Br)c(C)nn3CC(=O)O)s2)c1. The molecule has 13 nitrogen and oxygen atoms in total. The highest BCUT2D eigenvalue weighted by atomic mass is 79.9. The smallest absolute Gasteiger partial charge is 0.325 e. The lowest BCUT2D eigenvalue weighted by atomic mass is 10.1. The topological polar surface area (TPSA) is 175 Å². The Balaban J connectivity index is 0.000000181. The standard InChI is InChI=1S/C15H13BrN4O3.C15H13BrN4O2S/c2*1-8-4-3-5-10(6-8)14-17-18-15(23-14)13-12(16)9(2)19-20(13)7-11(21)22/h2*3-6H,7H2,1-2H3,(H,21,22). The van der Waals surface area contributed by atoms with Gasteiger partial charge in [-0.05, 0) is 77.8 Å². The third kappa shape index (κ3) is 7.29. The third-order valence-corrected chi connectivity index (χ3v) is 9.34. The Morgan fingerprint density at radius 2 is 1.22 bits per heavy atom. The number of hydrogen-bond acceptors (Lipinski definition) is 10. The van der Waals surface area contributed by atoms with Crippen molar-refractivity contribution >= 4 is 55.1 Å². The molecule has 0 saturated heterocycles. The number of benzene rings is 2. The lowest BCUT2D eigenvalue weighted by Crippen LogP contribution is -2.11. The minimum absolute atomic E-state index is 0.218. The molecule has 0 aliphatic heterocycles. The summed E-state index contributed by atoms with van der Waals surface area (Å²) in [7, 11) is 0. The number of carbonyl (C=O) groups is 2. The Labute approximate surface area is 283 Å². The van der Waals surface area contributed by atoms with Gasteiger partial charge in [-0.25, -0.2) is 9.36 Å². The fourth-order valence-electron chi connectivity index (χ4n) is 4.44. The summed E-state index contributed by atoms with van der Waals surface area (Å²) >= 11 is 8.28. The molecule has 0 saturated carbocycles. The first-order chi connectivity index (χ1) is 21.9. The molecule has 2 aromatic carbocycles. The molecule has 2 N–H and O–H groups in total. The fraction of sp³-hybridized carbons (Fsp3) is 0.200. The van der Waals surface area contributed by atoms with Crippen molar-refractivity contribution in [2.45, 2.75) is 40.8 Å². The van der Waals surface area contributed by atoms with Crippen LogP contribution < -0.4 is 0 Å². The Kier molecular flexibility index (Phi) is 9.88. The van der Waals surface area contributed by atoms with Crippen LogP contribution in [0.25, 0.3) is 44.3 Å². The van der Waals surface area contributed by atoms with Gasteiger partial charge in [-0.2, -0.15) is 10.2 Å². The molecule has 16 heteroatoms. The summed E-state index contributed by atoms with van der Waals surface area (Å²) in [6.07, 6.45) is 0. The van der Waals surface area contributed by atoms with Crippen LogP contribution >= 0.6 is 43.2 Å². The molecule has 0 unspecified atom stereocenters. The summed E-state index contributed by atoms with van der Waals surface area (Å²) in [6.45, 7) is 7.07. The van der Waals surface area contributed by atoms with Crippen molar-refractivity contribution in [1.82, 2.24) is 40.0 Å². The first-order valence-electron chi connectivity index (χ1n) is 13.6. The number of hydrogen-bond donors (Lipinski definition) is 2. The predicted octanol–water partition coefficient (Wildman–Crippen LogP) is 6.60. The van der Waals surface area contributed by atoms with E-state index in [2.05, 4.69) is 62.5 Å². The quantitative estimate of drug-likeness (QED) is 0.171. The minimum atomic E-state index is -1.00. The van der Waals surface area contributed by atoms with E-state index in [1.165, 1.54) is 20.7 Å². The zero-order valence-electron chi connectivity index (χ0n) is 24.9. The molecule has 236 valence electrons. The lowest BCUT2D eigenvalue weighted by Gasteiger charge is -2.01. The Morgan fingerprint density at radius 1 is 0.717 bits per heavy atom. The molecule has 0 fully saturated rings. The minimum Gasteiger partial charge on any atom is -0.480 e. The van der Waals surface area contributed by atoms with E-state index in [0.717, 1.165) is 31.7 Å². The zero-order valence-corrected chi connectivity index (χ0v) is 28.9. The highest BCUT2D eigenvalue weighted by Crippen LogP contribution is 2.36. The lowest BCUT2D eigenvalue weighted by molar-refractivity contribution is -0.138. The molecule has 46 heavy (non-hydrogen) atoms. The average Bonchev–Trinajstić information content (AvgIpc) is 3.77. The normalized spacial score (nSPS) is 10.9. The van der Waals surface area contributed by atoms with Crippen LogP contribution in [0, 0.1) is 27.7 Å². The number of aliphatic carboxylic acids is 2. The van der Waals surface area contributed by atoms with E-state index in [0.29, 0.717) is 38.1 Å². The fourth-order valence-corrected chi connectivity index (χ4v) is 6.39. The van der Waals surface area contributed by atoms with Crippen molar-refractivity contribution in [1.29, 1.82) is 0 Å². The monoisotopic (exact) mass is 768 g/mol. The molecule has 6 rings (SSSR count). The van der Waals surface area contributed by atoms with E-state index >= 15 is 0 Å². The zero-order chi connectivity index (χ0) is 33.1. The van der Waals surface area contributed by atoms with Crippen LogP contribution in [-0.4, -0.2) is 62.1 Å². The molecule has 0 radical (unpaired) electrons. The Morgan fingerprint density at radius 3 is 1.80 bits per heavy atom. The van der Waals surface area contributed by atoms with Gasteiger partial charge in [0.25, 0.3) is 5.89 Å². The van der Waals surface area contributed by atoms with Crippen LogP contribution in [0.15, 0.2) is 61.9 Å². The number of carboxylic acids is 2. The van der Waals surface area contributed by atoms with Gasteiger partial charge in [0.05, 0.1) is 20.3 Å². The van der Waals surface area contributed by atoms with Crippen LogP contribution in [-0.2, 0) is 22.7 Å². The largest absolute Gasteiger partial charge is 0.480 e. The van der Waals surface area contributed by atoms with Gasteiger partial charge in [-0.15, -0.1) is 20.4 Å². The maximum atomic E-state index is 11.0. The van der Waals surface area contributed by atoms with Crippen molar-refractivity contribution in [2.75, 3.05) is 0 Å². The number of carboxylic acid groups (broad SMARTS) is 2. The van der Waals surface area contributed by atoms with Crippen molar-refractivity contribution in [2.24, 2.45) is 0 Å². The van der Waals surface area contributed by atoms with E-state index in [4.69, 9.17) is 14.6 Å². The van der Waals surface area contributed by atoms with E-state index in [1.54, 1.807) is 6.92 Å². The van der Waals surface area contributed by atoms with Crippen molar-refractivity contribution < 1.29 is 24.2 Å². The summed E-state index contributed by atoms with van der Waals surface area (Å²) in [5, 5.41) is 44.4. The summed E-state index contributed by atoms with van der Waals surface area (Å²) < 4.78 is 9.86. The number of rotatable bonds is 8. The van der Waals surface area contributed by atoms with E-state index in [-0.39, 0.29) is 19.0 Å². The van der Waals surface area contributed by atoms with Gasteiger partial charge in [0, 0.05) is 11.1 Å². The van der Waals surface area contributed by atoms with Gasteiger partial charge in [0.2, 0.25) is 5.89 Å². The van der Waals surface area contributed by atoms with E-state index < -0.39 is 11.9 Å². The maximum absolute atomic E-state index is 11.0. The van der Waals surface area contributed by atoms with Crippen molar-refractivity contribution in [3.05, 3.63) is 80.0 Å². The first kappa shape index (κ1) is 32.8. The van der Waals surface area contributed by atoms with Crippen molar-refractivity contribution in [3.63, 3.8) is 0 Å². The van der Waals surface area contributed by atoms with Gasteiger partial charge in [-0.3, -0.25) is 9.59 Å². The molecule has 0 amide bonds. The molecular weight excluding hydrogens is 744 g/mol. The summed E-state index contributed by atoms with van der Waals surface area (Å²) in [5.74, 6) is -1.36. The number of aromatic nitrogens is 8. The Hall–Kier alpha value is -4.54. The van der Waals surface area contributed by atoms with Gasteiger partial charge >= 0.3 is 11.9 Å². The van der Waals surface area contributed by atoms with Crippen LogP contribution in [0.2, 0.25) is 0 Å². The van der Waals surface area contributed by atoms with Crippen molar-refractivity contribution in [3.8, 4) is 44.3 Å². The average molecular weight is 770 g/mol. The van der Waals surface area contributed by atoms with E-state index in [1.807, 2.05) is 69.3 Å². The summed E-state index contributed by atoms with van der Waals surface area (Å²) in [5.41, 5.74) is 6.48. The van der Waals surface area contributed by atoms with Gasteiger partial charge < -0.3 is 14.6 Å². The van der Waals surface area contributed by atoms with Gasteiger partial charge in [-0.1, -0.05) is 52.8 Å². The summed E-state index contributed by atoms with van der Waals surface area (Å²) in [6, 6.07) is 15.7. The second-order valence-electron chi connectivity index (χ2n) is 10.2. The molecule has 0 bridgehead atoms. The second kappa shape index (κ2) is 13.8. The number of halogens is 2. The molecule has 6 aromatic rings. The maximum Gasteiger partial charge on any atom is 0.325 e. The first-order valence-corrected chi connectivity index (χ1v) is 16.0. The van der Waals surface area contributed by atoms with Crippen LogP contribution in [0.5, 0.6) is 0 Å². The van der Waals surface area contributed by atoms with Crippen LogP contribution in [0.1, 0.15) is 22.5 Å². The Bertz CT molecular complexity index is 1920. The predicted molar refractivity (Wildman–Crippen MR) is 177 cm³/mol. The highest BCUT2D eigenvalue weighted by Gasteiger charge is 2.23. The van der Waals surface area contributed by atoms with Crippen LogP contribution in [0.4, 0.5) is 0 Å². The molecule has 0 aliphatic rings. The third-order valence-electron chi connectivity index (χ3n) is 6.46. The molecule has 4 aromatic heterocycles. The highest BCUT2D eigenvalue weighted by molar-refractivity contribution is 9.11. The molecular formula is C30H26Br2N8O5S. The molecule has 4 heterocycles. The summed E-state index contributed by atoms with van der Waals surface area (Å²) in [4.78, 5) is 22.0. The van der Waals surface area contributed by atoms with Crippen LogP contribution in [0.3, 0.4) is 0 Å². The van der Waals surface area contributed by atoms with Gasteiger partial charge in [0.15, 0.2) is 5.01 Å². The molecule has 0 atom stereocenters. The van der Waals surface area contributed by atoms with Gasteiger partial charge in [0.1, 0.15) is 29.5 Å². The second-order valence-corrected chi connectivity index (χ2v) is 12.7. The molecule has 0 aliphatic carbocycles. The molecule has 0 spiro atoms. The number of nitrogens with zero attached hydrogens (tertiary/aromatic N) is 8. The van der Waals surface area contributed by atoms with E-state index in [9.17, 15) is 9.59 Å².